The first-order valence-corrected chi connectivity index (χ1v) is 6.76. The molecule has 0 aliphatic rings. The molecule has 0 saturated heterocycles. The topological polar surface area (TPSA) is 42.2 Å². The molecule has 3 nitrogen and oxygen atoms in total. The summed E-state index contributed by atoms with van der Waals surface area (Å²) in [5.74, 6) is 0.840. The highest BCUT2D eigenvalue weighted by Gasteiger charge is 2.11. The van der Waals surface area contributed by atoms with Gasteiger partial charge in [-0.3, -0.25) is 4.79 Å². The molecule has 1 aromatic heterocycles. The monoisotopic (exact) mass is 275 g/mol. The van der Waals surface area contributed by atoms with Crippen LogP contribution in [0.3, 0.4) is 0 Å². The maximum absolute atomic E-state index is 12.8. The lowest BCUT2D eigenvalue weighted by Crippen LogP contribution is -2.17. The van der Waals surface area contributed by atoms with E-state index in [0.717, 1.165) is 12.1 Å². The molecule has 1 aromatic carbocycles. The molecule has 0 unspecified atom stereocenters. The minimum absolute atomic E-state index is 0.00342. The molecule has 0 spiro atoms. The lowest BCUT2D eigenvalue weighted by atomic mass is 10.1. The van der Waals surface area contributed by atoms with E-state index in [1.165, 1.54) is 12.1 Å². The number of carbonyl (C=O) groups excluding carboxylic acids is 1. The predicted octanol–water partition coefficient (Wildman–Crippen LogP) is 3.19. The molecule has 106 valence electrons. The standard InChI is InChI=1S/C16H18FNO2/c1-2-18-10-9-15(19)16-8-7-14(20-16)11-12-3-5-13(17)6-4-12/h3-8,18H,2,9-11H2,1H3. The molecule has 0 aliphatic carbocycles. The van der Waals surface area contributed by atoms with Crippen LogP contribution < -0.4 is 5.32 Å². The van der Waals surface area contributed by atoms with Crippen molar-refractivity contribution < 1.29 is 13.6 Å². The van der Waals surface area contributed by atoms with Crippen LogP contribution in [-0.4, -0.2) is 18.9 Å². The summed E-state index contributed by atoms with van der Waals surface area (Å²) >= 11 is 0. The smallest absolute Gasteiger partial charge is 0.199 e. The van der Waals surface area contributed by atoms with E-state index < -0.39 is 0 Å². The van der Waals surface area contributed by atoms with Crippen LogP contribution in [0.2, 0.25) is 0 Å². The average Bonchev–Trinajstić information content (AvgIpc) is 2.90. The summed E-state index contributed by atoms with van der Waals surface area (Å²) in [6.07, 6.45) is 0.984. The molecular weight excluding hydrogens is 257 g/mol. The van der Waals surface area contributed by atoms with E-state index in [4.69, 9.17) is 4.42 Å². The fraction of sp³-hybridized carbons (Fsp3) is 0.312. The quantitative estimate of drug-likeness (QED) is 0.623. The van der Waals surface area contributed by atoms with E-state index in [-0.39, 0.29) is 11.6 Å². The van der Waals surface area contributed by atoms with E-state index >= 15 is 0 Å². The zero-order chi connectivity index (χ0) is 14.4. The van der Waals surface area contributed by atoms with Crippen LogP contribution in [0.5, 0.6) is 0 Å². The fourth-order valence-corrected chi connectivity index (χ4v) is 1.93. The van der Waals surface area contributed by atoms with Crippen molar-refractivity contribution in [3.05, 3.63) is 59.3 Å². The van der Waals surface area contributed by atoms with Gasteiger partial charge in [-0.2, -0.15) is 0 Å². The number of Topliss-reactive ketones (excluding diaryl/α,β-unsaturated/α-hetero) is 1. The van der Waals surface area contributed by atoms with Gasteiger partial charge in [0.2, 0.25) is 0 Å². The Kier molecular flexibility index (Phi) is 5.07. The first-order chi connectivity index (χ1) is 9.69. The number of nitrogens with one attached hydrogen (secondary N) is 1. The molecule has 0 saturated carbocycles. The Morgan fingerprint density at radius 2 is 1.95 bits per heavy atom. The summed E-state index contributed by atoms with van der Waals surface area (Å²) in [5.41, 5.74) is 0.951. The summed E-state index contributed by atoms with van der Waals surface area (Å²) in [4.78, 5) is 11.8. The summed E-state index contributed by atoms with van der Waals surface area (Å²) in [6, 6.07) is 9.76. The second kappa shape index (κ2) is 7.01. The lowest BCUT2D eigenvalue weighted by Gasteiger charge is -2.00. The summed E-state index contributed by atoms with van der Waals surface area (Å²) in [5, 5.41) is 3.10. The predicted molar refractivity (Wildman–Crippen MR) is 75.4 cm³/mol. The van der Waals surface area contributed by atoms with Gasteiger partial charge >= 0.3 is 0 Å². The Hall–Kier alpha value is -1.94. The van der Waals surface area contributed by atoms with Gasteiger partial charge in [-0.05, 0) is 36.4 Å². The van der Waals surface area contributed by atoms with Gasteiger partial charge in [0.05, 0.1) is 0 Å². The number of carbonyl (C=O) groups is 1. The minimum Gasteiger partial charge on any atom is -0.458 e. The molecule has 0 atom stereocenters. The lowest BCUT2D eigenvalue weighted by molar-refractivity contribution is 0.0954. The second-order valence-corrected chi connectivity index (χ2v) is 4.60. The Balaban J connectivity index is 1.94. The third kappa shape index (κ3) is 4.03. The highest BCUT2D eigenvalue weighted by atomic mass is 19.1. The summed E-state index contributed by atoms with van der Waals surface area (Å²) in [6.45, 7) is 3.50. The SMILES string of the molecule is CCNCCC(=O)c1ccc(Cc2ccc(F)cc2)o1. The van der Waals surface area contributed by atoms with Crippen molar-refractivity contribution in [3.63, 3.8) is 0 Å². The minimum atomic E-state index is -0.257. The highest BCUT2D eigenvalue weighted by Crippen LogP contribution is 2.15. The van der Waals surface area contributed by atoms with Crippen molar-refractivity contribution >= 4 is 5.78 Å². The van der Waals surface area contributed by atoms with E-state index in [2.05, 4.69) is 5.32 Å². The van der Waals surface area contributed by atoms with Crippen LogP contribution >= 0.6 is 0 Å². The first-order valence-electron chi connectivity index (χ1n) is 6.76. The Morgan fingerprint density at radius 3 is 2.65 bits per heavy atom. The van der Waals surface area contributed by atoms with Crippen molar-refractivity contribution in [1.29, 1.82) is 0 Å². The fourth-order valence-electron chi connectivity index (χ4n) is 1.93. The number of benzene rings is 1. The van der Waals surface area contributed by atoms with E-state index in [1.54, 1.807) is 24.3 Å². The van der Waals surface area contributed by atoms with Gasteiger partial charge in [0.25, 0.3) is 0 Å². The number of hydrogen-bond donors (Lipinski definition) is 1. The van der Waals surface area contributed by atoms with E-state index in [9.17, 15) is 9.18 Å². The number of hydrogen-bond acceptors (Lipinski definition) is 3. The summed E-state index contributed by atoms with van der Waals surface area (Å²) < 4.78 is 18.3. The average molecular weight is 275 g/mol. The molecule has 0 bridgehead atoms. The molecule has 4 heteroatoms. The third-order valence-corrected chi connectivity index (χ3v) is 3.01. The first kappa shape index (κ1) is 14.5. The van der Waals surface area contributed by atoms with Gasteiger partial charge in [0, 0.05) is 19.4 Å². The molecule has 0 fully saturated rings. The van der Waals surface area contributed by atoms with Gasteiger partial charge < -0.3 is 9.73 Å². The van der Waals surface area contributed by atoms with Crippen LogP contribution in [0.1, 0.15) is 35.2 Å². The van der Waals surface area contributed by atoms with Crippen molar-refractivity contribution in [2.24, 2.45) is 0 Å². The van der Waals surface area contributed by atoms with Gasteiger partial charge in [-0.15, -0.1) is 0 Å². The second-order valence-electron chi connectivity index (χ2n) is 4.60. The van der Waals surface area contributed by atoms with Gasteiger partial charge in [0.15, 0.2) is 11.5 Å². The normalized spacial score (nSPS) is 10.7. The Bertz CT molecular complexity index is 560. The van der Waals surface area contributed by atoms with Crippen LogP contribution in [0.4, 0.5) is 4.39 Å². The molecule has 1 N–H and O–H groups in total. The van der Waals surface area contributed by atoms with Crippen LogP contribution in [0.15, 0.2) is 40.8 Å². The molecule has 20 heavy (non-hydrogen) atoms. The largest absolute Gasteiger partial charge is 0.458 e. The zero-order valence-electron chi connectivity index (χ0n) is 11.5. The van der Waals surface area contributed by atoms with Crippen LogP contribution in [0, 0.1) is 5.82 Å². The number of rotatable bonds is 7. The van der Waals surface area contributed by atoms with Gasteiger partial charge in [0.1, 0.15) is 11.6 Å². The third-order valence-electron chi connectivity index (χ3n) is 3.01. The maximum Gasteiger partial charge on any atom is 0.199 e. The highest BCUT2D eigenvalue weighted by molar-refractivity contribution is 5.93. The summed E-state index contributed by atoms with van der Waals surface area (Å²) in [7, 11) is 0. The molecule has 1 heterocycles. The Morgan fingerprint density at radius 1 is 1.20 bits per heavy atom. The van der Waals surface area contributed by atoms with Crippen LogP contribution in [-0.2, 0) is 6.42 Å². The Labute approximate surface area is 117 Å². The molecule has 0 radical (unpaired) electrons. The number of ketones is 1. The zero-order valence-corrected chi connectivity index (χ0v) is 11.5. The molecule has 0 amide bonds. The van der Waals surface area contributed by atoms with E-state index in [0.29, 0.717) is 30.9 Å². The number of furan rings is 1. The van der Waals surface area contributed by atoms with Crippen molar-refractivity contribution in [2.75, 3.05) is 13.1 Å². The van der Waals surface area contributed by atoms with Crippen LogP contribution in [0.25, 0.3) is 0 Å². The molecule has 0 aliphatic heterocycles. The van der Waals surface area contributed by atoms with Gasteiger partial charge in [-0.1, -0.05) is 19.1 Å². The molecule has 2 rings (SSSR count). The molecular formula is C16H18FNO2. The van der Waals surface area contributed by atoms with Crippen molar-refractivity contribution in [1.82, 2.24) is 5.32 Å². The maximum atomic E-state index is 12.8. The van der Waals surface area contributed by atoms with Gasteiger partial charge in [-0.25, -0.2) is 4.39 Å². The van der Waals surface area contributed by atoms with E-state index in [1.807, 2.05) is 6.92 Å². The van der Waals surface area contributed by atoms with Crippen molar-refractivity contribution in [3.8, 4) is 0 Å². The van der Waals surface area contributed by atoms with Crippen molar-refractivity contribution in [2.45, 2.75) is 19.8 Å². The number of halogens is 1. The molecule has 2 aromatic rings.